The van der Waals surface area contributed by atoms with Crippen LogP contribution in [0.15, 0.2) is 12.1 Å². The molecule has 1 aromatic heterocycles. The minimum atomic E-state index is -0.983. The number of carboxylic acid groups (broad SMARTS) is 1. The second-order valence-corrected chi connectivity index (χ2v) is 6.98. The van der Waals surface area contributed by atoms with Gasteiger partial charge in [0.05, 0.1) is 4.88 Å². The molecule has 4 nitrogen and oxygen atoms in total. The summed E-state index contributed by atoms with van der Waals surface area (Å²) in [5.74, 6) is -1.14. The van der Waals surface area contributed by atoms with Crippen molar-refractivity contribution in [2.75, 3.05) is 0 Å². The van der Waals surface area contributed by atoms with Gasteiger partial charge in [-0.15, -0.1) is 11.3 Å². The minimum Gasteiger partial charge on any atom is -0.477 e. The lowest BCUT2D eigenvalue weighted by molar-refractivity contribution is 0.0702. The van der Waals surface area contributed by atoms with E-state index in [0.717, 1.165) is 30.6 Å². The van der Waals surface area contributed by atoms with Gasteiger partial charge < -0.3 is 10.4 Å². The molecular formula is C14H19NO3S. The summed E-state index contributed by atoms with van der Waals surface area (Å²) in [6.07, 6.45) is 4.31. The molecule has 1 heterocycles. The molecule has 1 aromatic rings. The Balaban J connectivity index is 1.98. The van der Waals surface area contributed by atoms with Crippen LogP contribution in [-0.4, -0.2) is 23.0 Å². The van der Waals surface area contributed by atoms with Gasteiger partial charge in [-0.2, -0.15) is 0 Å². The molecule has 2 N–H and O–H groups in total. The SMILES string of the molecule is CC1(C)CCCC(NC(=O)c2ccc(C(=O)O)s2)C1. The molecular weight excluding hydrogens is 262 g/mol. The molecule has 2 rings (SSSR count). The Morgan fingerprint density at radius 2 is 2.05 bits per heavy atom. The van der Waals surface area contributed by atoms with E-state index < -0.39 is 5.97 Å². The van der Waals surface area contributed by atoms with E-state index in [1.54, 1.807) is 6.07 Å². The Hall–Kier alpha value is -1.36. The molecule has 1 fully saturated rings. The third kappa shape index (κ3) is 3.56. The molecule has 1 atom stereocenters. The molecule has 0 aliphatic heterocycles. The Bertz CT molecular complexity index is 493. The molecule has 1 saturated carbocycles. The third-order valence-electron chi connectivity index (χ3n) is 3.58. The molecule has 5 heteroatoms. The van der Waals surface area contributed by atoms with E-state index in [-0.39, 0.29) is 22.2 Å². The van der Waals surface area contributed by atoms with E-state index in [1.165, 1.54) is 12.5 Å². The second kappa shape index (κ2) is 5.33. The highest BCUT2D eigenvalue weighted by molar-refractivity contribution is 7.15. The van der Waals surface area contributed by atoms with Crippen molar-refractivity contribution in [3.8, 4) is 0 Å². The Morgan fingerprint density at radius 1 is 1.37 bits per heavy atom. The van der Waals surface area contributed by atoms with E-state index in [4.69, 9.17) is 5.11 Å². The zero-order chi connectivity index (χ0) is 14.0. The molecule has 1 unspecified atom stereocenters. The van der Waals surface area contributed by atoms with E-state index in [0.29, 0.717) is 4.88 Å². The number of amides is 1. The first-order chi connectivity index (χ1) is 8.87. The number of carbonyl (C=O) groups excluding carboxylic acids is 1. The Labute approximate surface area is 116 Å². The normalized spacial score (nSPS) is 21.9. The first-order valence-corrected chi connectivity index (χ1v) is 7.33. The van der Waals surface area contributed by atoms with Crippen molar-refractivity contribution in [3.05, 3.63) is 21.9 Å². The molecule has 0 radical (unpaired) electrons. The molecule has 0 spiro atoms. The summed E-state index contributed by atoms with van der Waals surface area (Å²) < 4.78 is 0. The summed E-state index contributed by atoms with van der Waals surface area (Å²) in [5, 5.41) is 11.9. The quantitative estimate of drug-likeness (QED) is 0.894. The van der Waals surface area contributed by atoms with Gasteiger partial charge in [0, 0.05) is 6.04 Å². The molecule has 1 aliphatic rings. The summed E-state index contributed by atoms with van der Waals surface area (Å²) in [6.45, 7) is 4.44. The van der Waals surface area contributed by atoms with Crippen LogP contribution in [0.25, 0.3) is 0 Å². The van der Waals surface area contributed by atoms with Gasteiger partial charge in [0.25, 0.3) is 5.91 Å². The summed E-state index contributed by atoms with van der Waals surface area (Å²) in [6, 6.07) is 3.26. The molecule has 0 bridgehead atoms. The summed E-state index contributed by atoms with van der Waals surface area (Å²) >= 11 is 1.03. The number of hydrogen-bond donors (Lipinski definition) is 2. The zero-order valence-corrected chi connectivity index (χ0v) is 12.0. The third-order valence-corrected chi connectivity index (χ3v) is 4.65. The number of carboxylic acids is 1. The minimum absolute atomic E-state index is 0.153. The predicted molar refractivity (Wildman–Crippen MR) is 74.8 cm³/mol. The van der Waals surface area contributed by atoms with Crippen molar-refractivity contribution < 1.29 is 14.7 Å². The highest BCUT2D eigenvalue weighted by Gasteiger charge is 2.29. The number of aromatic carboxylic acids is 1. The fraction of sp³-hybridized carbons (Fsp3) is 0.571. The van der Waals surface area contributed by atoms with Gasteiger partial charge >= 0.3 is 5.97 Å². The fourth-order valence-electron chi connectivity index (χ4n) is 2.65. The van der Waals surface area contributed by atoms with Crippen LogP contribution >= 0.6 is 11.3 Å². The molecule has 104 valence electrons. The average molecular weight is 281 g/mol. The van der Waals surface area contributed by atoms with Crippen molar-refractivity contribution >= 4 is 23.2 Å². The summed E-state index contributed by atoms with van der Waals surface area (Å²) in [7, 11) is 0. The Kier molecular flexibility index (Phi) is 3.94. The molecule has 0 aromatic carbocycles. The van der Waals surface area contributed by atoms with Gasteiger partial charge in [-0.25, -0.2) is 4.79 Å². The molecule has 1 aliphatic carbocycles. The largest absolute Gasteiger partial charge is 0.477 e. The van der Waals surface area contributed by atoms with Gasteiger partial charge in [0.1, 0.15) is 4.88 Å². The summed E-state index contributed by atoms with van der Waals surface area (Å²) in [4.78, 5) is 23.5. The van der Waals surface area contributed by atoms with Crippen LogP contribution in [0.2, 0.25) is 0 Å². The van der Waals surface area contributed by atoms with Gasteiger partial charge in [-0.1, -0.05) is 20.3 Å². The molecule has 0 saturated heterocycles. The average Bonchev–Trinajstić information content (AvgIpc) is 2.76. The van der Waals surface area contributed by atoms with Crippen LogP contribution < -0.4 is 5.32 Å². The van der Waals surface area contributed by atoms with Crippen LogP contribution in [0.1, 0.15) is 58.9 Å². The van der Waals surface area contributed by atoms with Crippen LogP contribution in [0.4, 0.5) is 0 Å². The van der Waals surface area contributed by atoms with Crippen molar-refractivity contribution in [3.63, 3.8) is 0 Å². The van der Waals surface area contributed by atoms with Crippen LogP contribution in [0.3, 0.4) is 0 Å². The van der Waals surface area contributed by atoms with Crippen LogP contribution in [-0.2, 0) is 0 Å². The van der Waals surface area contributed by atoms with E-state index >= 15 is 0 Å². The van der Waals surface area contributed by atoms with Crippen molar-refractivity contribution in [1.29, 1.82) is 0 Å². The molecule has 1 amide bonds. The van der Waals surface area contributed by atoms with Gasteiger partial charge in [-0.05, 0) is 36.8 Å². The number of carbonyl (C=O) groups is 2. The van der Waals surface area contributed by atoms with Gasteiger partial charge in [-0.3, -0.25) is 4.79 Å². The van der Waals surface area contributed by atoms with Gasteiger partial charge in [0.15, 0.2) is 0 Å². The number of rotatable bonds is 3. The van der Waals surface area contributed by atoms with Crippen LogP contribution in [0, 0.1) is 5.41 Å². The molecule has 19 heavy (non-hydrogen) atoms. The zero-order valence-electron chi connectivity index (χ0n) is 11.2. The lowest BCUT2D eigenvalue weighted by Gasteiger charge is -2.35. The monoisotopic (exact) mass is 281 g/mol. The van der Waals surface area contributed by atoms with Crippen LogP contribution in [0.5, 0.6) is 0 Å². The highest BCUT2D eigenvalue weighted by atomic mass is 32.1. The maximum atomic E-state index is 12.1. The number of nitrogens with one attached hydrogen (secondary N) is 1. The van der Waals surface area contributed by atoms with Gasteiger partial charge in [0.2, 0.25) is 0 Å². The number of hydrogen-bond acceptors (Lipinski definition) is 3. The van der Waals surface area contributed by atoms with E-state index in [2.05, 4.69) is 19.2 Å². The first kappa shape index (κ1) is 14.1. The smallest absolute Gasteiger partial charge is 0.345 e. The lowest BCUT2D eigenvalue weighted by atomic mass is 9.75. The lowest BCUT2D eigenvalue weighted by Crippen LogP contribution is -2.40. The standard InChI is InChI=1S/C14H19NO3S/c1-14(2)7-3-4-9(8-14)15-12(16)10-5-6-11(19-10)13(17)18/h5-6,9H,3-4,7-8H2,1-2H3,(H,15,16)(H,17,18). The Morgan fingerprint density at radius 3 is 2.63 bits per heavy atom. The second-order valence-electron chi connectivity index (χ2n) is 5.90. The fourth-order valence-corrected chi connectivity index (χ4v) is 3.40. The van der Waals surface area contributed by atoms with E-state index in [9.17, 15) is 9.59 Å². The predicted octanol–water partition coefficient (Wildman–Crippen LogP) is 3.14. The van der Waals surface area contributed by atoms with E-state index in [1.807, 2.05) is 0 Å². The number of thiophene rings is 1. The topological polar surface area (TPSA) is 66.4 Å². The highest BCUT2D eigenvalue weighted by Crippen LogP contribution is 2.35. The summed E-state index contributed by atoms with van der Waals surface area (Å²) in [5.41, 5.74) is 0.276. The maximum absolute atomic E-state index is 12.1. The van der Waals surface area contributed by atoms with Crippen molar-refractivity contribution in [2.45, 2.75) is 45.6 Å². The van der Waals surface area contributed by atoms with Crippen molar-refractivity contribution in [1.82, 2.24) is 5.32 Å². The maximum Gasteiger partial charge on any atom is 0.345 e. The van der Waals surface area contributed by atoms with Crippen molar-refractivity contribution in [2.24, 2.45) is 5.41 Å². The first-order valence-electron chi connectivity index (χ1n) is 6.51.